The number of hydrogen-bond acceptors (Lipinski definition) is 4. The van der Waals surface area contributed by atoms with Gasteiger partial charge in [-0.15, -0.1) is 0 Å². The third-order valence-corrected chi connectivity index (χ3v) is 6.23. The number of carbonyl (C=O) groups excluding carboxylic acids is 1. The molecule has 0 aliphatic carbocycles. The summed E-state index contributed by atoms with van der Waals surface area (Å²) in [4.78, 5) is 14.5. The third-order valence-electron chi connectivity index (χ3n) is 4.35. The second-order valence-corrected chi connectivity index (χ2v) is 7.92. The highest BCUT2D eigenvalue weighted by molar-refractivity contribution is 7.89. The van der Waals surface area contributed by atoms with Crippen LogP contribution in [0.2, 0.25) is 0 Å². The standard InChI is InChI=1S/C13H25N3O3S/c1-3-20(18,19)15-7-4-12(5-8-15)13(17)16-9-6-14-10-11(16)2/h11-12,14H,3-10H2,1-2H3/t11-/m0/s1. The van der Waals surface area contributed by atoms with Crippen molar-refractivity contribution in [2.45, 2.75) is 32.7 Å². The molecule has 2 fully saturated rings. The first kappa shape index (κ1) is 15.7. The van der Waals surface area contributed by atoms with Crippen molar-refractivity contribution in [1.29, 1.82) is 0 Å². The SMILES string of the molecule is CCS(=O)(=O)N1CCC(C(=O)N2CCNC[C@@H]2C)CC1. The summed E-state index contributed by atoms with van der Waals surface area (Å²) in [5.74, 6) is 0.326. The van der Waals surface area contributed by atoms with Crippen molar-refractivity contribution in [3.05, 3.63) is 0 Å². The number of hydrogen-bond donors (Lipinski definition) is 1. The van der Waals surface area contributed by atoms with Crippen LogP contribution in [-0.4, -0.2) is 68.0 Å². The quantitative estimate of drug-likeness (QED) is 0.788. The van der Waals surface area contributed by atoms with E-state index in [0.717, 1.165) is 19.6 Å². The van der Waals surface area contributed by atoms with E-state index < -0.39 is 10.0 Å². The summed E-state index contributed by atoms with van der Waals surface area (Å²) in [7, 11) is -3.11. The predicted octanol–water partition coefficient (Wildman–Crippen LogP) is -0.132. The molecule has 0 saturated carbocycles. The first-order valence-corrected chi connectivity index (χ1v) is 9.05. The maximum Gasteiger partial charge on any atom is 0.226 e. The Morgan fingerprint density at radius 3 is 2.45 bits per heavy atom. The van der Waals surface area contributed by atoms with Crippen LogP contribution in [-0.2, 0) is 14.8 Å². The van der Waals surface area contributed by atoms with Crippen LogP contribution < -0.4 is 5.32 Å². The molecule has 2 heterocycles. The Hall–Kier alpha value is -0.660. The molecule has 0 unspecified atom stereocenters. The largest absolute Gasteiger partial charge is 0.337 e. The minimum atomic E-state index is -3.11. The summed E-state index contributed by atoms with van der Waals surface area (Å²) in [6.45, 7) is 7.12. The van der Waals surface area contributed by atoms with Crippen LogP contribution in [0.3, 0.4) is 0 Å². The molecule has 0 aromatic carbocycles. The Morgan fingerprint density at radius 1 is 1.25 bits per heavy atom. The molecule has 2 rings (SSSR count). The van der Waals surface area contributed by atoms with Gasteiger partial charge in [0.1, 0.15) is 0 Å². The van der Waals surface area contributed by atoms with Gasteiger partial charge in [0.05, 0.1) is 5.75 Å². The van der Waals surface area contributed by atoms with Gasteiger partial charge in [0.25, 0.3) is 0 Å². The normalized spacial score (nSPS) is 26.7. The monoisotopic (exact) mass is 303 g/mol. The molecule has 2 saturated heterocycles. The van der Waals surface area contributed by atoms with Gasteiger partial charge in [0, 0.05) is 44.7 Å². The highest BCUT2D eigenvalue weighted by Crippen LogP contribution is 2.23. The number of piperazine rings is 1. The van der Waals surface area contributed by atoms with Gasteiger partial charge >= 0.3 is 0 Å². The molecule has 116 valence electrons. The van der Waals surface area contributed by atoms with Gasteiger partial charge in [0.2, 0.25) is 15.9 Å². The summed E-state index contributed by atoms with van der Waals surface area (Å²) in [5, 5.41) is 3.28. The Labute approximate surface area is 121 Å². The Kier molecular flexibility index (Phi) is 5.04. The number of amides is 1. The third kappa shape index (κ3) is 3.32. The lowest BCUT2D eigenvalue weighted by molar-refractivity contribution is -0.139. The van der Waals surface area contributed by atoms with E-state index in [1.807, 2.05) is 4.90 Å². The Balaban J connectivity index is 1.92. The molecular formula is C13H25N3O3S. The molecule has 1 amide bonds. The Morgan fingerprint density at radius 2 is 1.90 bits per heavy atom. The van der Waals surface area contributed by atoms with Crippen molar-refractivity contribution < 1.29 is 13.2 Å². The fourth-order valence-electron chi connectivity index (χ4n) is 2.97. The minimum Gasteiger partial charge on any atom is -0.337 e. The maximum absolute atomic E-state index is 12.5. The second kappa shape index (κ2) is 6.41. The molecule has 0 aromatic heterocycles. The van der Waals surface area contributed by atoms with Crippen LogP contribution in [0, 0.1) is 5.92 Å². The number of nitrogens with zero attached hydrogens (tertiary/aromatic N) is 2. The van der Waals surface area contributed by atoms with Crippen LogP contribution in [0.25, 0.3) is 0 Å². The molecule has 20 heavy (non-hydrogen) atoms. The molecule has 0 bridgehead atoms. The minimum absolute atomic E-state index is 0.0149. The van der Waals surface area contributed by atoms with Gasteiger partial charge in [-0.2, -0.15) is 0 Å². The zero-order valence-corrected chi connectivity index (χ0v) is 13.2. The van der Waals surface area contributed by atoms with Crippen LogP contribution in [0.5, 0.6) is 0 Å². The highest BCUT2D eigenvalue weighted by Gasteiger charge is 2.34. The van der Waals surface area contributed by atoms with Gasteiger partial charge in [-0.05, 0) is 26.7 Å². The van der Waals surface area contributed by atoms with E-state index >= 15 is 0 Å². The summed E-state index contributed by atoms with van der Waals surface area (Å²) >= 11 is 0. The first-order chi connectivity index (χ1) is 9.45. The van der Waals surface area contributed by atoms with Crippen LogP contribution in [0.4, 0.5) is 0 Å². The maximum atomic E-state index is 12.5. The summed E-state index contributed by atoms with van der Waals surface area (Å²) in [6.07, 6.45) is 1.30. The topological polar surface area (TPSA) is 69.7 Å². The summed E-state index contributed by atoms with van der Waals surface area (Å²) < 4.78 is 25.1. The number of carbonyl (C=O) groups is 1. The molecule has 6 nitrogen and oxygen atoms in total. The van der Waals surface area contributed by atoms with E-state index in [-0.39, 0.29) is 23.6 Å². The van der Waals surface area contributed by atoms with Crippen molar-refractivity contribution >= 4 is 15.9 Å². The summed E-state index contributed by atoms with van der Waals surface area (Å²) in [5.41, 5.74) is 0. The number of sulfonamides is 1. The molecule has 0 spiro atoms. The first-order valence-electron chi connectivity index (χ1n) is 7.44. The van der Waals surface area contributed by atoms with Crippen LogP contribution in [0.1, 0.15) is 26.7 Å². The van der Waals surface area contributed by atoms with Crippen LogP contribution >= 0.6 is 0 Å². The fraction of sp³-hybridized carbons (Fsp3) is 0.923. The highest BCUT2D eigenvalue weighted by atomic mass is 32.2. The lowest BCUT2D eigenvalue weighted by Crippen LogP contribution is -2.55. The van der Waals surface area contributed by atoms with E-state index in [4.69, 9.17) is 0 Å². The molecule has 0 aromatic rings. The molecular weight excluding hydrogens is 278 g/mol. The van der Waals surface area contributed by atoms with Crippen molar-refractivity contribution in [2.75, 3.05) is 38.5 Å². The number of nitrogens with one attached hydrogen (secondary N) is 1. The van der Waals surface area contributed by atoms with Crippen LogP contribution in [0.15, 0.2) is 0 Å². The molecule has 1 atom stereocenters. The zero-order chi connectivity index (χ0) is 14.8. The van der Waals surface area contributed by atoms with Crippen molar-refractivity contribution in [3.8, 4) is 0 Å². The van der Waals surface area contributed by atoms with Gasteiger partial charge in [-0.3, -0.25) is 4.79 Å². The smallest absolute Gasteiger partial charge is 0.226 e. The van der Waals surface area contributed by atoms with E-state index in [0.29, 0.717) is 25.9 Å². The predicted molar refractivity (Wildman–Crippen MR) is 77.8 cm³/mol. The zero-order valence-electron chi connectivity index (χ0n) is 12.3. The lowest BCUT2D eigenvalue weighted by Gasteiger charge is -2.38. The molecule has 2 aliphatic heterocycles. The van der Waals surface area contributed by atoms with Gasteiger partial charge in [0.15, 0.2) is 0 Å². The van der Waals surface area contributed by atoms with E-state index in [1.165, 1.54) is 4.31 Å². The van der Waals surface area contributed by atoms with Crippen molar-refractivity contribution in [1.82, 2.24) is 14.5 Å². The second-order valence-electron chi connectivity index (χ2n) is 5.66. The van der Waals surface area contributed by atoms with Gasteiger partial charge in [-0.25, -0.2) is 12.7 Å². The van der Waals surface area contributed by atoms with Gasteiger partial charge in [-0.1, -0.05) is 0 Å². The van der Waals surface area contributed by atoms with E-state index in [2.05, 4.69) is 12.2 Å². The molecule has 2 aliphatic rings. The molecule has 7 heteroatoms. The lowest BCUT2D eigenvalue weighted by atomic mass is 9.95. The van der Waals surface area contributed by atoms with Crippen molar-refractivity contribution in [3.63, 3.8) is 0 Å². The number of rotatable bonds is 3. The number of piperidine rings is 1. The molecule has 0 radical (unpaired) electrons. The average Bonchev–Trinajstić information content (AvgIpc) is 2.47. The molecule has 1 N–H and O–H groups in total. The fourth-order valence-corrected chi connectivity index (χ4v) is 4.10. The summed E-state index contributed by atoms with van der Waals surface area (Å²) in [6, 6.07) is 0.230. The van der Waals surface area contributed by atoms with Crippen molar-refractivity contribution in [2.24, 2.45) is 5.92 Å². The van der Waals surface area contributed by atoms with E-state index in [1.54, 1.807) is 6.92 Å². The Bertz CT molecular complexity index is 444. The van der Waals surface area contributed by atoms with E-state index in [9.17, 15) is 13.2 Å². The van der Waals surface area contributed by atoms with Gasteiger partial charge < -0.3 is 10.2 Å². The average molecular weight is 303 g/mol.